The molecule has 0 saturated heterocycles. The lowest BCUT2D eigenvalue weighted by Gasteiger charge is -2.28. The molecular weight excluding hydrogens is 350 g/mol. The Balaban J connectivity index is 2.07. The van der Waals surface area contributed by atoms with Crippen molar-refractivity contribution in [3.05, 3.63) is 71.8 Å². The van der Waals surface area contributed by atoms with Crippen molar-refractivity contribution in [2.24, 2.45) is 5.92 Å². The lowest BCUT2D eigenvalue weighted by molar-refractivity contribution is -0.124. The summed E-state index contributed by atoms with van der Waals surface area (Å²) in [5, 5.41) is 5.95. The van der Waals surface area contributed by atoms with E-state index in [1.807, 2.05) is 64.3 Å². The molecule has 0 spiro atoms. The molecule has 2 aromatic carbocycles. The molecule has 0 radical (unpaired) electrons. The zero-order valence-corrected chi connectivity index (χ0v) is 17.2. The quantitative estimate of drug-likeness (QED) is 0.701. The fourth-order valence-corrected chi connectivity index (χ4v) is 3.10. The van der Waals surface area contributed by atoms with Gasteiger partial charge in [-0.05, 0) is 37.7 Å². The molecule has 1 unspecified atom stereocenters. The van der Waals surface area contributed by atoms with Crippen LogP contribution >= 0.6 is 0 Å². The van der Waals surface area contributed by atoms with Crippen LogP contribution < -0.4 is 10.6 Å². The van der Waals surface area contributed by atoms with Crippen LogP contribution in [0.1, 0.15) is 42.2 Å². The second-order valence-electron chi connectivity index (χ2n) is 7.34. The molecule has 0 heterocycles. The molecule has 150 valence electrons. The van der Waals surface area contributed by atoms with Gasteiger partial charge in [0, 0.05) is 12.1 Å². The van der Waals surface area contributed by atoms with E-state index in [2.05, 4.69) is 27.7 Å². The fraction of sp³-hybridized carbons (Fsp3) is 0.391. The molecule has 28 heavy (non-hydrogen) atoms. The molecular formula is C23H31N3O2. The van der Waals surface area contributed by atoms with Crippen molar-refractivity contribution in [1.29, 1.82) is 0 Å². The summed E-state index contributed by atoms with van der Waals surface area (Å²) in [5.41, 5.74) is 1.69. The molecule has 0 aliphatic carbocycles. The first-order valence-electron chi connectivity index (χ1n) is 9.79. The Labute approximate surface area is 168 Å². The molecule has 0 saturated carbocycles. The molecule has 5 nitrogen and oxygen atoms in total. The predicted molar refractivity (Wildman–Crippen MR) is 113 cm³/mol. The minimum Gasteiger partial charge on any atom is -0.352 e. The van der Waals surface area contributed by atoms with Crippen molar-refractivity contribution in [3.63, 3.8) is 0 Å². The summed E-state index contributed by atoms with van der Waals surface area (Å²) >= 11 is 0. The number of rotatable bonds is 9. The topological polar surface area (TPSA) is 61.4 Å². The lowest BCUT2D eigenvalue weighted by atomic mass is 9.97. The van der Waals surface area contributed by atoms with Crippen molar-refractivity contribution in [3.8, 4) is 0 Å². The van der Waals surface area contributed by atoms with Crippen LogP contribution in [-0.2, 0) is 4.79 Å². The highest BCUT2D eigenvalue weighted by molar-refractivity contribution is 5.97. The molecule has 2 amide bonds. The fourth-order valence-electron chi connectivity index (χ4n) is 3.10. The Hall–Kier alpha value is -2.66. The maximum absolute atomic E-state index is 12.9. The summed E-state index contributed by atoms with van der Waals surface area (Å²) in [5.74, 6) is -0.350. The largest absolute Gasteiger partial charge is 0.352 e. The molecule has 3 atom stereocenters. The number of amides is 2. The molecule has 2 aromatic rings. The molecule has 0 fully saturated rings. The molecule has 5 heteroatoms. The van der Waals surface area contributed by atoms with E-state index in [1.54, 1.807) is 12.1 Å². The molecule has 2 N–H and O–H groups in total. The van der Waals surface area contributed by atoms with Crippen LogP contribution in [0, 0.1) is 5.92 Å². The third-order valence-corrected chi connectivity index (χ3v) is 5.10. The highest BCUT2D eigenvalue weighted by Gasteiger charge is 2.27. The minimum absolute atomic E-state index is 0.0298. The number of nitrogens with one attached hydrogen (secondary N) is 2. The van der Waals surface area contributed by atoms with Crippen LogP contribution in [0.2, 0.25) is 0 Å². The van der Waals surface area contributed by atoms with Crippen LogP contribution in [0.25, 0.3) is 0 Å². The van der Waals surface area contributed by atoms with Crippen LogP contribution in [0.5, 0.6) is 0 Å². The zero-order chi connectivity index (χ0) is 20.5. The summed E-state index contributed by atoms with van der Waals surface area (Å²) < 4.78 is 0. The Kier molecular flexibility index (Phi) is 8.20. The first-order chi connectivity index (χ1) is 13.4. The number of hydrogen-bond acceptors (Lipinski definition) is 3. The second-order valence-corrected chi connectivity index (χ2v) is 7.34. The lowest BCUT2D eigenvalue weighted by Crippen LogP contribution is -2.51. The SMILES string of the molecule is CC[C@H](C)[C@H](NC(=O)c1ccccc1)C(=O)NCC(c1ccccc1)N(C)C. The van der Waals surface area contributed by atoms with Crippen molar-refractivity contribution < 1.29 is 9.59 Å². The summed E-state index contributed by atoms with van der Waals surface area (Å²) in [6, 6.07) is 18.6. The normalized spacial score (nSPS) is 14.2. The smallest absolute Gasteiger partial charge is 0.251 e. The zero-order valence-electron chi connectivity index (χ0n) is 17.2. The van der Waals surface area contributed by atoms with Crippen molar-refractivity contribution >= 4 is 11.8 Å². The van der Waals surface area contributed by atoms with Crippen LogP contribution in [-0.4, -0.2) is 43.4 Å². The first-order valence-corrected chi connectivity index (χ1v) is 9.79. The van der Waals surface area contributed by atoms with E-state index in [0.29, 0.717) is 12.1 Å². The highest BCUT2D eigenvalue weighted by Crippen LogP contribution is 2.17. The summed E-state index contributed by atoms with van der Waals surface area (Å²) in [6.07, 6.45) is 0.795. The summed E-state index contributed by atoms with van der Waals surface area (Å²) in [7, 11) is 3.99. The van der Waals surface area contributed by atoms with Gasteiger partial charge in [0.2, 0.25) is 5.91 Å². The van der Waals surface area contributed by atoms with Gasteiger partial charge in [0.15, 0.2) is 0 Å². The van der Waals surface area contributed by atoms with Gasteiger partial charge in [-0.25, -0.2) is 0 Å². The number of benzene rings is 2. The van der Waals surface area contributed by atoms with Gasteiger partial charge in [-0.2, -0.15) is 0 Å². The summed E-state index contributed by atoms with van der Waals surface area (Å²) in [4.78, 5) is 27.6. The van der Waals surface area contributed by atoms with E-state index >= 15 is 0 Å². The van der Waals surface area contributed by atoms with Gasteiger partial charge in [0.1, 0.15) is 6.04 Å². The molecule has 0 aliphatic rings. The maximum Gasteiger partial charge on any atom is 0.251 e. The van der Waals surface area contributed by atoms with Gasteiger partial charge in [0.05, 0.1) is 6.04 Å². The molecule has 2 rings (SSSR count). The van der Waals surface area contributed by atoms with E-state index in [4.69, 9.17) is 0 Å². The van der Waals surface area contributed by atoms with Crippen molar-refractivity contribution in [1.82, 2.24) is 15.5 Å². The molecule has 0 aliphatic heterocycles. The van der Waals surface area contributed by atoms with Gasteiger partial charge in [-0.3, -0.25) is 9.59 Å². The maximum atomic E-state index is 12.9. The van der Waals surface area contributed by atoms with E-state index in [9.17, 15) is 9.59 Å². The Morgan fingerprint density at radius 2 is 1.54 bits per heavy atom. The number of carbonyl (C=O) groups is 2. The number of hydrogen-bond donors (Lipinski definition) is 2. The van der Waals surface area contributed by atoms with Gasteiger partial charge in [-0.1, -0.05) is 68.8 Å². The number of nitrogens with zero attached hydrogens (tertiary/aromatic N) is 1. The highest BCUT2D eigenvalue weighted by atomic mass is 16.2. The molecule has 0 bridgehead atoms. The van der Waals surface area contributed by atoms with Gasteiger partial charge < -0.3 is 15.5 Å². The average Bonchev–Trinajstić information content (AvgIpc) is 2.72. The third kappa shape index (κ3) is 5.92. The predicted octanol–water partition coefficient (Wildman–Crippen LogP) is 3.25. The summed E-state index contributed by atoms with van der Waals surface area (Å²) in [6.45, 7) is 4.48. The van der Waals surface area contributed by atoms with E-state index in [-0.39, 0.29) is 23.8 Å². The Morgan fingerprint density at radius 1 is 0.964 bits per heavy atom. The van der Waals surface area contributed by atoms with Crippen molar-refractivity contribution in [2.45, 2.75) is 32.4 Å². The monoisotopic (exact) mass is 381 g/mol. The van der Waals surface area contributed by atoms with Gasteiger partial charge in [-0.15, -0.1) is 0 Å². The van der Waals surface area contributed by atoms with E-state index < -0.39 is 6.04 Å². The number of likely N-dealkylation sites (N-methyl/N-ethyl adjacent to an activating group) is 1. The van der Waals surface area contributed by atoms with Crippen LogP contribution in [0.4, 0.5) is 0 Å². The first kappa shape index (κ1) is 21.6. The van der Waals surface area contributed by atoms with Gasteiger partial charge in [0.25, 0.3) is 5.91 Å². The second kappa shape index (κ2) is 10.6. The van der Waals surface area contributed by atoms with E-state index in [1.165, 1.54) is 0 Å². The van der Waals surface area contributed by atoms with Gasteiger partial charge >= 0.3 is 0 Å². The van der Waals surface area contributed by atoms with Crippen molar-refractivity contribution in [2.75, 3.05) is 20.6 Å². The molecule has 0 aromatic heterocycles. The minimum atomic E-state index is -0.573. The van der Waals surface area contributed by atoms with Crippen LogP contribution in [0.3, 0.4) is 0 Å². The van der Waals surface area contributed by atoms with E-state index in [0.717, 1.165) is 12.0 Å². The average molecular weight is 382 g/mol. The standard InChI is InChI=1S/C23H31N3O2/c1-5-17(2)21(25-22(27)19-14-10-7-11-15-19)23(28)24-16-20(26(3)4)18-12-8-6-9-13-18/h6-15,17,20-21H,5,16H2,1-4H3,(H,24,28)(H,25,27)/t17-,20?,21-/m0/s1. The number of carbonyl (C=O) groups excluding carboxylic acids is 2. The Morgan fingerprint density at radius 3 is 2.07 bits per heavy atom. The third-order valence-electron chi connectivity index (χ3n) is 5.10. The van der Waals surface area contributed by atoms with Crippen LogP contribution in [0.15, 0.2) is 60.7 Å². The Bertz CT molecular complexity index is 747.